The molecular formula is C24H19FN2O5S. The minimum Gasteiger partial charge on any atom is -0.507 e. The van der Waals surface area contributed by atoms with Crippen molar-refractivity contribution in [2.75, 3.05) is 12.0 Å². The molecule has 1 aliphatic rings. The van der Waals surface area contributed by atoms with Crippen LogP contribution in [0.15, 0.2) is 54.1 Å². The van der Waals surface area contributed by atoms with Gasteiger partial charge in [-0.2, -0.15) is 0 Å². The minimum atomic E-state index is -1.07. The van der Waals surface area contributed by atoms with E-state index in [4.69, 9.17) is 4.74 Å². The van der Waals surface area contributed by atoms with Gasteiger partial charge in [-0.3, -0.25) is 14.5 Å². The van der Waals surface area contributed by atoms with Gasteiger partial charge in [-0.1, -0.05) is 53.3 Å². The number of nitrogens with zero attached hydrogens (tertiary/aromatic N) is 2. The van der Waals surface area contributed by atoms with E-state index in [0.29, 0.717) is 16.8 Å². The molecule has 4 rings (SSSR count). The Labute approximate surface area is 192 Å². The van der Waals surface area contributed by atoms with Gasteiger partial charge in [0.25, 0.3) is 5.78 Å². The molecule has 0 bridgehead atoms. The predicted molar refractivity (Wildman–Crippen MR) is 121 cm³/mol. The fourth-order valence-corrected chi connectivity index (χ4v) is 4.64. The summed E-state index contributed by atoms with van der Waals surface area (Å²) in [5, 5.41) is 11.1. The van der Waals surface area contributed by atoms with Crippen LogP contribution >= 0.6 is 11.3 Å². The van der Waals surface area contributed by atoms with Crippen molar-refractivity contribution in [1.82, 2.24) is 4.98 Å². The number of hydrogen-bond acceptors (Lipinski definition) is 7. The molecule has 168 valence electrons. The molecule has 1 fully saturated rings. The van der Waals surface area contributed by atoms with E-state index in [2.05, 4.69) is 4.98 Å². The summed E-state index contributed by atoms with van der Waals surface area (Å²) in [6.07, 6.45) is 0. The summed E-state index contributed by atoms with van der Waals surface area (Å²) >= 11 is 0.897. The molecule has 9 heteroatoms. The quantitative estimate of drug-likeness (QED) is 0.266. The molecular weight excluding hydrogens is 447 g/mol. The van der Waals surface area contributed by atoms with Crippen LogP contribution in [-0.4, -0.2) is 34.9 Å². The Morgan fingerprint density at radius 1 is 1.09 bits per heavy atom. The highest BCUT2D eigenvalue weighted by molar-refractivity contribution is 7.17. The Morgan fingerprint density at radius 3 is 2.33 bits per heavy atom. The Hall–Kier alpha value is -3.85. The lowest BCUT2D eigenvalue weighted by Gasteiger charge is -2.23. The number of aryl methyl sites for hydroxylation is 2. The van der Waals surface area contributed by atoms with Crippen molar-refractivity contribution >= 4 is 39.9 Å². The normalized spacial score (nSPS) is 17.5. The van der Waals surface area contributed by atoms with Crippen LogP contribution in [0.2, 0.25) is 0 Å². The van der Waals surface area contributed by atoms with Crippen molar-refractivity contribution in [2.24, 2.45) is 0 Å². The number of anilines is 1. The highest BCUT2D eigenvalue weighted by atomic mass is 32.1. The van der Waals surface area contributed by atoms with Crippen molar-refractivity contribution in [3.05, 3.63) is 87.2 Å². The molecule has 3 aromatic rings. The zero-order valence-corrected chi connectivity index (χ0v) is 18.8. The maximum absolute atomic E-state index is 13.6. The Kier molecular flexibility index (Phi) is 5.82. The second-order valence-corrected chi connectivity index (χ2v) is 8.47. The van der Waals surface area contributed by atoms with Crippen LogP contribution < -0.4 is 4.90 Å². The molecule has 0 saturated carbocycles. The lowest BCUT2D eigenvalue weighted by molar-refractivity contribution is -0.132. The van der Waals surface area contributed by atoms with E-state index in [1.807, 2.05) is 6.92 Å². The highest BCUT2D eigenvalue weighted by Gasteiger charge is 2.48. The number of carbonyl (C=O) groups excluding carboxylic acids is 3. The summed E-state index contributed by atoms with van der Waals surface area (Å²) in [7, 11) is 1.23. The van der Waals surface area contributed by atoms with E-state index in [-0.39, 0.29) is 21.3 Å². The van der Waals surface area contributed by atoms with Gasteiger partial charge in [-0.15, -0.1) is 0 Å². The Morgan fingerprint density at radius 2 is 1.73 bits per heavy atom. The third-order valence-electron chi connectivity index (χ3n) is 5.32. The number of amides is 1. The first kappa shape index (κ1) is 22.3. The van der Waals surface area contributed by atoms with Crippen LogP contribution in [0.4, 0.5) is 9.52 Å². The standard InChI is InChI=1S/C24H19FN2O5S/c1-12-4-6-15(7-5-12)19(28)17-18(14-8-10-16(25)11-9-14)27(22(30)20(17)29)24-26-13(2)21(33-24)23(31)32-3/h4-11,18,28H,1-3H3/b19-17+/t18-/m0/s1. The monoisotopic (exact) mass is 466 g/mol. The number of aliphatic hydroxyl groups is 1. The molecule has 1 aromatic heterocycles. The summed E-state index contributed by atoms with van der Waals surface area (Å²) in [5.74, 6) is -3.29. The largest absolute Gasteiger partial charge is 0.507 e. The first-order valence-corrected chi connectivity index (χ1v) is 10.7. The molecule has 1 N–H and O–H groups in total. The Balaban J connectivity index is 1.93. The summed E-state index contributed by atoms with van der Waals surface area (Å²) in [4.78, 5) is 43.9. The van der Waals surface area contributed by atoms with Gasteiger partial charge >= 0.3 is 11.9 Å². The maximum Gasteiger partial charge on any atom is 0.350 e. The van der Waals surface area contributed by atoms with Gasteiger partial charge in [0.15, 0.2) is 5.13 Å². The van der Waals surface area contributed by atoms with Crippen molar-refractivity contribution in [1.29, 1.82) is 0 Å². The van der Waals surface area contributed by atoms with Crippen LogP contribution in [0.25, 0.3) is 5.76 Å². The number of rotatable bonds is 4. The fraction of sp³-hybridized carbons (Fsp3) is 0.167. The van der Waals surface area contributed by atoms with Crippen molar-refractivity contribution < 1.29 is 28.6 Å². The number of benzene rings is 2. The van der Waals surface area contributed by atoms with E-state index in [9.17, 15) is 23.9 Å². The molecule has 0 aliphatic carbocycles. The summed E-state index contributed by atoms with van der Waals surface area (Å²) in [5.41, 5.74) is 1.90. The third-order valence-corrected chi connectivity index (χ3v) is 6.45. The van der Waals surface area contributed by atoms with Gasteiger partial charge < -0.3 is 9.84 Å². The number of aromatic nitrogens is 1. The number of methoxy groups -OCH3 is 1. The van der Waals surface area contributed by atoms with Gasteiger partial charge in [0, 0.05) is 5.56 Å². The van der Waals surface area contributed by atoms with Gasteiger partial charge in [-0.05, 0) is 31.5 Å². The number of Topliss-reactive ketones (excluding diaryl/α,β-unsaturated/α-hetero) is 1. The predicted octanol–water partition coefficient (Wildman–Crippen LogP) is 4.31. The second-order valence-electron chi connectivity index (χ2n) is 7.49. The Bertz CT molecular complexity index is 1300. The van der Waals surface area contributed by atoms with Gasteiger partial charge in [0.2, 0.25) is 0 Å². The highest BCUT2D eigenvalue weighted by Crippen LogP contribution is 2.43. The number of thiazole rings is 1. The van der Waals surface area contributed by atoms with Crippen LogP contribution in [0.1, 0.15) is 38.1 Å². The topological polar surface area (TPSA) is 96.8 Å². The number of carbonyl (C=O) groups is 3. The van der Waals surface area contributed by atoms with Crippen molar-refractivity contribution in [2.45, 2.75) is 19.9 Å². The number of aliphatic hydroxyl groups excluding tert-OH is 1. The molecule has 0 unspecified atom stereocenters. The molecule has 1 atom stereocenters. The van der Waals surface area contributed by atoms with E-state index in [1.54, 1.807) is 31.2 Å². The molecule has 7 nitrogen and oxygen atoms in total. The SMILES string of the molecule is COC(=O)c1sc(N2C(=O)C(=O)/C(=C(/O)c3ccc(C)cc3)[C@@H]2c2ccc(F)cc2)nc1C. The fourth-order valence-electron chi connectivity index (χ4n) is 3.62. The molecule has 1 saturated heterocycles. The lowest BCUT2D eigenvalue weighted by atomic mass is 9.95. The zero-order chi connectivity index (χ0) is 23.9. The van der Waals surface area contributed by atoms with E-state index in [0.717, 1.165) is 21.8 Å². The second kappa shape index (κ2) is 8.59. The zero-order valence-electron chi connectivity index (χ0n) is 18.0. The molecule has 1 amide bonds. The number of ketones is 1. The van der Waals surface area contributed by atoms with E-state index < -0.39 is 29.5 Å². The van der Waals surface area contributed by atoms with Gasteiger partial charge in [0.05, 0.1) is 24.4 Å². The van der Waals surface area contributed by atoms with Crippen LogP contribution in [0.3, 0.4) is 0 Å². The summed E-state index contributed by atoms with van der Waals surface area (Å²) < 4.78 is 18.4. The molecule has 33 heavy (non-hydrogen) atoms. The van der Waals surface area contributed by atoms with Crippen LogP contribution in [0, 0.1) is 19.7 Å². The minimum absolute atomic E-state index is 0.0901. The number of ether oxygens (including phenoxy) is 1. The number of esters is 1. The molecule has 2 heterocycles. The maximum atomic E-state index is 13.6. The summed E-state index contributed by atoms with van der Waals surface area (Å²) in [6, 6.07) is 11.0. The molecule has 2 aromatic carbocycles. The van der Waals surface area contributed by atoms with E-state index >= 15 is 0 Å². The van der Waals surface area contributed by atoms with E-state index in [1.165, 1.54) is 31.4 Å². The number of halogens is 1. The average Bonchev–Trinajstić information content (AvgIpc) is 3.31. The van der Waals surface area contributed by atoms with Gasteiger partial charge in [-0.25, -0.2) is 14.2 Å². The molecule has 1 aliphatic heterocycles. The van der Waals surface area contributed by atoms with Crippen LogP contribution in [0.5, 0.6) is 0 Å². The van der Waals surface area contributed by atoms with Crippen LogP contribution in [-0.2, 0) is 14.3 Å². The first-order chi connectivity index (χ1) is 15.7. The smallest absolute Gasteiger partial charge is 0.350 e. The molecule has 0 spiro atoms. The molecule has 0 radical (unpaired) electrons. The first-order valence-electron chi connectivity index (χ1n) is 9.92. The lowest BCUT2D eigenvalue weighted by Crippen LogP contribution is -2.29. The third kappa shape index (κ3) is 3.91. The van der Waals surface area contributed by atoms with Crippen molar-refractivity contribution in [3.63, 3.8) is 0 Å². The average molecular weight is 466 g/mol. The number of hydrogen-bond donors (Lipinski definition) is 1. The summed E-state index contributed by atoms with van der Waals surface area (Å²) in [6.45, 7) is 3.47. The van der Waals surface area contributed by atoms with Crippen molar-refractivity contribution in [3.8, 4) is 0 Å². The van der Waals surface area contributed by atoms with Gasteiger partial charge in [0.1, 0.15) is 16.5 Å².